The van der Waals surface area contributed by atoms with Gasteiger partial charge in [-0.1, -0.05) is 20.3 Å². The van der Waals surface area contributed by atoms with Gasteiger partial charge in [0, 0.05) is 5.54 Å². The smallest absolute Gasteiger partial charge is 0.186 e. The van der Waals surface area contributed by atoms with Crippen LogP contribution in [0.25, 0.3) is 0 Å². The van der Waals surface area contributed by atoms with E-state index in [0.29, 0.717) is 17.9 Å². The first-order valence-electron chi connectivity index (χ1n) is 5.77. The number of aryl methyl sites for hydroxylation is 1. The quantitative estimate of drug-likeness (QED) is 0.836. The highest BCUT2D eigenvalue weighted by Gasteiger charge is 2.19. The number of rotatable bonds is 5. The Morgan fingerprint density at radius 1 is 1.31 bits per heavy atom. The SMILES string of the molecule is CCCC(C)(C)Nc1ncnc(CC)c1F. The summed E-state index contributed by atoms with van der Waals surface area (Å²) in [6.45, 7) is 8.08. The summed E-state index contributed by atoms with van der Waals surface area (Å²) in [5, 5.41) is 3.14. The van der Waals surface area contributed by atoms with Gasteiger partial charge < -0.3 is 5.32 Å². The second kappa shape index (κ2) is 5.23. The van der Waals surface area contributed by atoms with Crippen LogP contribution in [0.15, 0.2) is 6.33 Å². The van der Waals surface area contributed by atoms with Gasteiger partial charge in [0.05, 0.1) is 5.69 Å². The first-order chi connectivity index (χ1) is 7.50. The van der Waals surface area contributed by atoms with E-state index in [4.69, 9.17) is 0 Å². The number of nitrogens with zero attached hydrogens (tertiary/aromatic N) is 2. The molecule has 4 heteroatoms. The van der Waals surface area contributed by atoms with E-state index in [1.165, 1.54) is 6.33 Å². The Morgan fingerprint density at radius 2 is 2.00 bits per heavy atom. The zero-order chi connectivity index (χ0) is 12.2. The zero-order valence-corrected chi connectivity index (χ0v) is 10.5. The van der Waals surface area contributed by atoms with Gasteiger partial charge in [-0.25, -0.2) is 14.4 Å². The molecule has 0 aliphatic rings. The molecule has 1 aromatic heterocycles. The predicted molar refractivity (Wildman–Crippen MR) is 64.0 cm³/mol. The van der Waals surface area contributed by atoms with Crippen LogP contribution in [0.3, 0.4) is 0 Å². The summed E-state index contributed by atoms with van der Waals surface area (Å²) >= 11 is 0. The van der Waals surface area contributed by atoms with Crippen LogP contribution in [0.4, 0.5) is 10.2 Å². The molecule has 0 fully saturated rings. The minimum atomic E-state index is -0.325. The lowest BCUT2D eigenvalue weighted by molar-refractivity contribution is 0.499. The maximum absolute atomic E-state index is 13.9. The van der Waals surface area contributed by atoms with Crippen LogP contribution < -0.4 is 5.32 Å². The molecule has 0 saturated heterocycles. The lowest BCUT2D eigenvalue weighted by Gasteiger charge is -2.26. The topological polar surface area (TPSA) is 37.8 Å². The van der Waals surface area contributed by atoms with Gasteiger partial charge in [0.25, 0.3) is 0 Å². The van der Waals surface area contributed by atoms with Gasteiger partial charge >= 0.3 is 0 Å². The second-order valence-electron chi connectivity index (χ2n) is 4.60. The van der Waals surface area contributed by atoms with Crippen molar-refractivity contribution < 1.29 is 4.39 Å². The van der Waals surface area contributed by atoms with E-state index in [1.807, 2.05) is 20.8 Å². The molecule has 1 rings (SSSR count). The predicted octanol–water partition coefficient (Wildman–Crippen LogP) is 3.17. The molecule has 0 bridgehead atoms. The average Bonchev–Trinajstić information content (AvgIpc) is 2.21. The Bertz CT molecular complexity index is 350. The molecule has 90 valence electrons. The minimum absolute atomic E-state index is 0.144. The van der Waals surface area contributed by atoms with Gasteiger partial charge in [-0.2, -0.15) is 0 Å². The first kappa shape index (κ1) is 12.9. The molecule has 1 N–H and O–H groups in total. The van der Waals surface area contributed by atoms with E-state index >= 15 is 0 Å². The summed E-state index contributed by atoms with van der Waals surface area (Å²) in [7, 11) is 0. The van der Waals surface area contributed by atoms with Crippen LogP contribution in [0, 0.1) is 5.82 Å². The number of hydrogen-bond acceptors (Lipinski definition) is 3. The summed E-state index contributed by atoms with van der Waals surface area (Å²) in [6, 6.07) is 0. The van der Waals surface area contributed by atoms with E-state index < -0.39 is 0 Å². The molecular weight excluding hydrogens is 205 g/mol. The van der Waals surface area contributed by atoms with Gasteiger partial charge in [-0.05, 0) is 26.7 Å². The fourth-order valence-electron chi connectivity index (χ4n) is 1.75. The Hall–Kier alpha value is -1.19. The Balaban J connectivity index is 2.89. The lowest BCUT2D eigenvalue weighted by Crippen LogP contribution is -2.31. The van der Waals surface area contributed by atoms with Crippen molar-refractivity contribution in [3.63, 3.8) is 0 Å². The van der Waals surface area contributed by atoms with E-state index in [0.717, 1.165) is 12.8 Å². The van der Waals surface area contributed by atoms with Crippen molar-refractivity contribution in [1.29, 1.82) is 0 Å². The van der Waals surface area contributed by atoms with E-state index in [2.05, 4.69) is 22.2 Å². The summed E-state index contributed by atoms with van der Waals surface area (Å²) in [5.74, 6) is -0.0144. The lowest BCUT2D eigenvalue weighted by atomic mass is 9.99. The van der Waals surface area contributed by atoms with E-state index in [9.17, 15) is 4.39 Å². The largest absolute Gasteiger partial charge is 0.363 e. The Morgan fingerprint density at radius 3 is 2.56 bits per heavy atom. The number of anilines is 1. The summed E-state index contributed by atoms with van der Waals surface area (Å²) in [4.78, 5) is 7.86. The summed E-state index contributed by atoms with van der Waals surface area (Å²) in [6.07, 6.45) is 4.01. The Labute approximate surface area is 96.5 Å². The van der Waals surface area contributed by atoms with E-state index in [-0.39, 0.29) is 11.4 Å². The molecule has 0 aromatic carbocycles. The van der Waals surface area contributed by atoms with Crippen LogP contribution in [0.1, 0.15) is 46.2 Å². The van der Waals surface area contributed by atoms with Crippen LogP contribution >= 0.6 is 0 Å². The fourth-order valence-corrected chi connectivity index (χ4v) is 1.75. The molecule has 0 radical (unpaired) electrons. The van der Waals surface area contributed by atoms with Crippen LogP contribution in [-0.4, -0.2) is 15.5 Å². The molecule has 0 atom stereocenters. The average molecular weight is 225 g/mol. The number of halogens is 1. The highest BCUT2D eigenvalue weighted by Crippen LogP contribution is 2.21. The molecule has 3 nitrogen and oxygen atoms in total. The molecule has 16 heavy (non-hydrogen) atoms. The third-order valence-corrected chi connectivity index (χ3v) is 2.53. The molecule has 0 aliphatic carbocycles. The molecule has 1 heterocycles. The zero-order valence-electron chi connectivity index (χ0n) is 10.5. The second-order valence-corrected chi connectivity index (χ2v) is 4.60. The highest BCUT2D eigenvalue weighted by atomic mass is 19.1. The summed E-state index contributed by atoms with van der Waals surface area (Å²) < 4.78 is 13.9. The number of nitrogens with one attached hydrogen (secondary N) is 1. The van der Waals surface area contributed by atoms with Crippen molar-refractivity contribution in [3.8, 4) is 0 Å². The molecule has 0 aliphatic heterocycles. The van der Waals surface area contributed by atoms with Crippen molar-refractivity contribution in [2.24, 2.45) is 0 Å². The molecule has 0 spiro atoms. The van der Waals surface area contributed by atoms with Gasteiger partial charge in [-0.15, -0.1) is 0 Å². The third kappa shape index (κ3) is 3.15. The molecular formula is C12H20FN3. The monoisotopic (exact) mass is 225 g/mol. The summed E-state index contributed by atoms with van der Waals surface area (Å²) in [5.41, 5.74) is 0.319. The molecule has 0 unspecified atom stereocenters. The van der Waals surface area contributed by atoms with Gasteiger partial charge in [0.1, 0.15) is 6.33 Å². The standard InChI is InChI=1S/C12H20FN3/c1-5-7-12(3,4)16-11-10(13)9(6-2)14-8-15-11/h8H,5-7H2,1-4H3,(H,14,15,16). The van der Waals surface area contributed by atoms with E-state index in [1.54, 1.807) is 0 Å². The van der Waals surface area contributed by atoms with Gasteiger partial charge in [0.2, 0.25) is 0 Å². The number of aromatic nitrogens is 2. The Kier molecular flexibility index (Phi) is 4.21. The maximum Gasteiger partial charge on any atom is 0.186 e. The third-order valence-electron chi connectivity index (χ3n) is 2.53. The van der Waals surface area contributed by atoms with Crippen molar-refractivity contribution in [1.82, 2.24) is 9.97 Å². The fraction of sp³-hybridized carbons (Fsp3) is 0.667. The van der Waals surface area contributed by atoms with Crippen LogP contribution in [-0.2, 0) is 6.42 Å². The van der Waals surface area contributed by atoms with Crippen molar-refractivity contribution in [2.75, 3.05) is 5.32 Å². The highest BCUT2D eigenvalue weighted by molar-refractivity contribution is 5.39. The van der Waals surface area contributed by atoms with Gasteiger partial charge in [0.15, 0.2) is 11.6 Å². The number of hydrogen-bond donors (Lipinski definition) is 1. The first-order valence-corrected chi connectivity index (χ1v) is 5.77. The molecule has 0 saturated carbocycles. The minimum Gasteiger partial charge on any atom is -0.363 e. The van der Waals surface area contributed by atoms with Crippen molar-refractivity contribution >= 4 is 5.82 Å². The molecule has 0 amide bonds. The molecule has 1 aromatic rings. The normalized spacial score (nSPS) is 11.6. The van der Waals surface area contributed by atoms with Crippen molar-refractivity contribution in [2.45, 2.75) is 52.5 Å². The van der Waals surface area contributed by atoms with Crippen molar-refractivity contribution in [3.05, 3.63) is 17.8 Å². The van der Waals surface area contributed by atoms with Gasteiger partial charge in [-0.3, -0.25) is 0 Å². The van der Waals surface area contributed by atoms with Crippen LogP contribution in [0.5, 0.6) is 0 Å². The maximum atomic E-state index is 13.9. The van der Waals surface area contributed by atoms with Crippen LogP contribution in [0.2, 0.25) is 0 Å².